The average Bonchev–Trinajstić information content (AvgIpc) is 2.30. The lowest BCUT2D eigenvalue weighted by Crippen LogP contribution is -2.40. The molecule has 0 amide bonds. The summed E-state index contributed by atoms with van der Waals surface area (Å²) in [4.78, 5) is 7.81. The molecule has 0 radical (unpaired) electrons. The highest BCUT2D eigenvalue weighted by atomic mass is 35.5. The number of aliphatic hydroxyl groups is 1. The van der Waals surface area contributed by atoms with E-state index in [9.17, 15) is 5.11 Å². The van der Waals surface area contributed by atoms with Crippen LogP contribution in [0.5, 0.6) is 0 Å². The molecule has 1 aromatic heterocycles. The lowest BCUT2D eigenvalue weighted by Gasteiger charge is -2.35. The van der Waals surface area contributed by atoms with Crippen molar-refractivity contribution in [2.75, 3.05) is 17.6 Å². The number of aromatic nitrogens is 2. The number of hydrogen-bond donors (Lipinski definition) is 3. The summed E-state index contributed by atoms with van der Waals surface area (Å²) in [6, 6.07) is 1.60. The summed E-state index contributed by atoms with van der Waals surface area (Å²) in [5, 5.41) is 13.8. The summed E-state index contributed by atoms with van der Waals surface area (Å²) in [5.74, 6) is 1.39. The van der Waals surface area contributed by atoms with E-state index in [4.69, 9.17) is 17.3 Å². The molecule has 2 rings (SSSR count). The van der Waals surface area contributed by atoms with E-state index in [1.807, 2.05) is 0 Å². The second-order valence-electron chi connectivity index (χ2n) is 5.19. The van der Waals surface area contributed by atoms with Crippen LogP contribution in [0.4, 0.5) is 11.8 Å². The number of nitrogens with one attached hydrogen (secondary N) is 1. The van der Waals surface area contributed by atoms with Crippen molar-refractivity contribution < 1.29 is 5.11 Å². The molecule has 0 aromatic carbocycles. The highest BCUT2D eigenvalue weighted by molar-refractivity contribution is 6.29. The van der Waals surface area contributed by atoms with E-state index in [-0.39, 0.29) is 5.95 Å². The molecule has 0 spiro atoms. The fraction of sp³-hybridized carbons (Fsp3) is 0.667. The zero-order valence-corrected chi connectivity index (χ0v) is 11.2. The quantitative estimate of drug-likeness (QED) is 0.732. The van der Waals surface area contributed by atoms with E-state index in [0.717, 1.165) is 25.7 Å². The van der Waals surface area contributed by atoms with Crippen LogP contribution < -0.4 is 11.1 Å². The number of halogens is 1. The van der Waals surface area contributed by atoms with E-state index >= 15 is 0 Å². The Balaban J connectivity index is 1.94. The Labute approximate surface area is 112 Å². The summed E-state index contributed by atoms with van der Waals surface area (Å²) >= 11 is 5.79. The van der Waals surface area contributed by atoms with Gasteiger partial charge in [-0.25, -0.2) is 4.98 Å². The van der Waals surface area contributed by atoms with Gasteiger partial charge in [-0.3, -0.25) is 0 Å². The van der Waals surface area contributed by atoms with Gasteiger partial charge in [-0.15, -0.1) is 0 Å². The Hall–Kier alpha value is -1.07. The third-order valence-corrected chi connectivity index (χ3v) is 3.71. The number of nitrogens with two attached hydrogens (primary N) is 1. The molecule has 0 atom stereocenters. The van der Waals surface area contributed by atoms with Crippen molar-refractivity contribution in [2.45, 2.75) is 38.2 Å². The second kappa shape index (κ2) is 5.28. The van der Waals surface area contributed by atoms with Crippen LogP contribution in [0, 0.1) is 5.92 Å². The molecule has 6 heteroatoms. The second-order valence-corrected chi connectivity index (χ2v) is 5.58. The molecule has 1 aliphatic carbocycles. The summed E-state index contributed by atoms with van der Waals surface area (Å²) in [6.45, 7) is 2.68. The van der Waals surface area contributed by atoms with Crippen molar-refractivity contribution in [3.63, 3.8) is 0 Å². The number of rotatable bonds is 3. The number of hydrogen-bond acceptors (Lipinski definition) is 5. The van der Waals surface area contributed by atoms with Crippen molar-refractivity contribution >= 4 is 23.4 Å². The average molecular weight is 271 g/mol. The van der Waals surface area contributed by atoms with E-state index in [1.54, 1.807) is 6.07 Å². The van der Waals surface area contributed by atoms with Crippen molar-refractivity contribution in [3.8, 4) is 0 Å². The van der Waals surface area contributed by atoms with Crippen molar-refractivity contribution in [2.24, 2.45) is 5.92 Å². The molecule has 1 aliphatic rings. The Bertz CT molecular complexity index is 398. The number of anilines is 2. The molecular weight excluding hydrogens is 252 g/mol. The molecule has 0 bridgehead atoms. The van der Waals surface area contributed by atoms with Gasteiger partial charge in [0.1, 0.15) is 11.0 Å². The molecule has 18 heavy (non-hydrogen) atoms. The van der Waals surface area contributed by atoms with Gasteiger partial charge < -0.3 is 16.2 Å². The molecule has 1 saturated carbocycles. The van der Waals surface area contributed by atoms with Crippen LogP contribution in [0.3, 0.4) is 0 Å². The Morgan fingerprint density at radius 3 is 2.78 bits per heavy atom. The minimum Gasteiger partial charge on any atom is -0.388 e. The van der Waals surface area contributed by atoms with Gasteiger partial charge in [0.2, 0.25) is 5.95 Å². The van der Waals surface area contributed by atoms with Crippen LogP contribution in [-0.4, -0.2) is 27.2 Å². The lowest BCUT2D eigenvalue weighted by molar-refractivity contribution is 0.00494. The van der Waals surface area contributed by atoms with Gasteiger partial charge >= 0.3 is 0 Å². The summed E-state index contributed by atoms with van der Waals surface area (Å²) < 4.78 is 0. The Morgan fingerprint density at radius 1 is 1.50 bits per heavy atom. The van der Waals surface area contributed by atoms with Gasteiger partial charge in [0, 0.05) is 12.6 Å². The molecule has 0 unspecified atom stereocenters. The first kappa shape index (κ1) is 13.4. The SMILES string of the molecule is CC1CCC(O)(CNc2cc(Cl)nc(N)n2)CC1. The van der Waals surface area contributed by atoms with Crippen LogP contribution in [0.15, 0.2) is 6.07 Å². The first-order valence-corrected chi connectivity index (χ1v) is 6.61. The van der Waals surface area contributed by atoms with Crippen LogP contribution in [0.25, 0.3) is 0 Å². The monoisotopic (exact) mass is 270 g/mol. The fourth-order valence-corrected chi connectivity index (χ4v) is 2.45. The molecule has 0 saturated heterocycles. The maximum atomic E-state index is 10.4. The Morgan fingerprint density at radius 2 is 2.17 bits per heavy atom. The summed E-state index contributed by atoms with van der Waals surface area (Å²) in [5.41, 5.74) is 4.86. The molecule has 1 fully saturated rings. The molecule has 4 N–H and O–H groups in total. The normalized spacial score (nSPS) is 28.1. The van der Waals surface area contributed by atoms with Crippen molar-refractivity contribution in [1.82, 2.24) is 9.97 Å². The standard InChI is InChI=1S/C12H19ClN4O/c1-8-2-4-12(18,5-3-8)7-15-10-6-9(13)16-11(14)17-10/h6,8,18H,2-5,7H2,1H3,(H3,14,15,16,17). The molecule has 0 aliphatic heterocycles. The maximum absolute atomic E-state index is 10.4. The van der Waals surface area contributed by atoms with Gasteiger partial charge in [0.15, 0.2) is 0 Å². The zero-order valence-electron chi connectivity index (χ0n) is 10.5. The first-order chi connectivity index (χ1) is 8.47. The van der Waals surface area contributed by atoms with Crippen LogP contribution >= 0.6 is 11.6 Å². The third-order valence-electron chi connectivity index (χ3n) is 3.52. The predicted octanol–water partition coefficient (Wildman–Crippen LogP) is 2.07. The Kier molecular flexibility index (Phi) is 3.92. The minimum absolute atomic E-state index is 0.134. The number of nitrogen functional groups attached to an aromatic ring is 1. The van der Waals surface area contributed by atoms with Crippen molar-refractivity contribution in [1.29, 1.82) is 0 Å². The van der Waals surface area contributed by atoms with Gasteiger partial charge in [0.25, 0.3) is 0 Å². The van der Waals surface area contributed by atoms with Crippen LogP contribution in [-0.2, 0) is 0 Å². The molecule has 100 valence electrons. The van der Waals surface area contributed by atoms with Gasteiger partial charge in [-0.2, -0.15) is 4.98 Å². The fourth-order valence-electron chi connectivity index (χ4n) is 2.26. The largest absolute Gasteiger partial charge is 0.388 e. The van der Waals surface area contributed by atoms with E-state index < -0.39 is 5.60 Å². The zero-order chi connectivity index (χ0) is 13.2. The van der Waals surface area contributed by atoms with E-state index in [2.05, 4.69) is 22.2 Å². The molecule has 5 nitrogen and oxygen atoms in total. The van der Waals surface area contributed by atoms with Crippen molar-refractivity contribution in [3.05, 3.63) is 11.2 Å². The summed E-state index contributed by atoms with van der Waals surface area (Å²) in [7, 11) is 0. The molecule has 1 aromatic rings. The molecular formula is C12H19ClN4O. The van der Waals surface area contributed by atoms with Gasteiger partial charge in [-0.1, -0.05) is 18.5 Å². The van der Waals surface area contributed by atoms with Gasteiger partial charge in [-0.05, 0) is 31.6 Å². The van der Waals surface area contributed by atoms with Crippen LogP contribution in [0.2, 0.25) is 5.15 Å². The predicted molar refractivity (Wildman–Crippen MR) is 72.5 cm³/mol. The highest BCUT2D eigenvalue weighted by Crippen LogP contribution is 2.31. The van der Waals surface area contributed by atoms with Crippen LogP contribution in [0.1, 0.15) is 32.6 Å². The van der Waals surface area contributed by atoms with E-state index in [0.29, 0.717) is 23.4 Å². The summed E-state index contributed by atoms with van der Waals surface area (Å²) in [6.07, 6.45) is 3.75. The topological polar surface area (TPSA) is 84.1 Å². The minimum atomic E-state index is -0.654. The first-order valence-electron chi connectivity index (χ1n) is 6.23. The smallest absolute Gasteiger partial charge is 0.223 e. The number of nitrogens with zero attached hydrogens (tertiary/aromatic N) is 2. The van der Waals surface area contributed by atoms with Gasteiger partial charge in [0.05, 0.1) is 5.60 Å². The highest BCUT2D eigenvalue weighted by Gasteiger charge is 2.31. The van der Waals surface area contributed by atoms with E-state index in [1.165, 1.54) is 0 Å². The third kappa shape index (κ3) is 3.46. The molecule has 1 heterocycles. The maximum Gasteiger partial charge on any atom is 0.223 e. The lowest BCUT2D eigenvalue weighted by atomic mass is 9.79.